The number of thiophene rings is 1. The van der Waals surface area contributed by atoms with E-state index in [4.69, 9.17) is 0 Å². The molecule has 7 heteroatoms. The summed E-state index contributed by atoms with van der Waals surface area (Å²) < 4.78 is 24.7. The Morgan fingerprint density at radius 1 is 1.50 bits per heavy atom. The highest BCUT2D eigenvalue weighted by molar-refractivity contribution is 7.88. The van der Waals surface area contributed by atoms with Gasteiger partial charge in [0.15, 0.2) is 0 Å². The molecule has 0 spiro atoms. The van der Waals surface area contributed by atoms with Crippen LogP contribution in [0.3, 0.4) is 0 Å². The maximum atomic E-state index is 12.2. The van der Waals surface area contributed by atoms with Crippen molar-refractivity contribution in [2.24, 2.45) is 0 Å². The second-order valence-corrected chi connectivity index (χ2v) is 7.97. The van der Waals surface area contributed by atoms with Crippen molar-refractivity contribution in [2.45, 2.75) is 31.7 Å². The lowest BCUT2D eigenvalue weighted by Crippen LogP contribution is -2.51. The maximum Gasteiger partial charge on any atom is 0.238 e. The van der Waals surface area contributed by atoms with E-state index < -0.39 is 16.1 Å². The van der Waals surface area contributed by atoms with Crippen LogP contribution in [0.15, 0.2) is 17.5 Å². The molecule has 0 aromatic carbocycles. The van der Waals surface area contributed by atoms with E-state index in [1.165, 1.54) is 15.4 Å². The van der Waals surface area contributed by atoms with Gasteiger partial charge in [0.2, 0.25) is 15.9 Å². The molecule has 1 aliphatic rings. The topological polar surface area (TPSA) is 66.5 Å². The second kappa shape index (κ2) is 6.69. The van der Waals surface area contributed by atoms with E-state index in [9.17, 15) is 13.2 Å². The van der Waals surface area contributed by atoms with E-state index in [1.807, 2.05) is 17.5 Å². The third-order valence-corrected chi connectivity index (χ3v) is 5.66. The van der Waals surface area contributed by atoms with Crippen molar-refractivity contribution in [3.8, 4) is 0 Å². The molecule has 1 saturated heterocycles. The van der Waals surface area contributed by atoms with Crippen molar-refractivity contribution in [3.05, 3.63) is 22.4 Å². The number of sulfonamides is 1. The van der Waals surface area contributed by atoms with Gasteiger partial charge in [0.1, 0.15) is 6.04 Å². The third-order valence-electron chi connectivity index (χ3n) is 3.43. The Labute approximate surface area is 124 Å². The second-order valence-electron chi connectivity index (χ2n) is 5.01. The Morgan fingerprint density at radius 2 is 2.30 bits per heavy atom. The number of hydrogen-bond donors (Lipinski definition) is 1. The quantitative estimate of drug-likeness (QED) is 0.888. The fourth-order valence-corrected chi connectivity index (χ4v) is 4.28. The summed E-state index contributed by atoms with van der Waals surface area (Å²) in [6, 6.07) is 3.47. The summed E-state index contributed by atoms with van der Waals surface area (Å²) in [5.41, 5.74) is 0. The predicted molar refractivity (Wildman–Crippen MR) is 80.2 cm³/mol. The van der Waals surface area contributed by atoms with E-state index >= 15 is 0 Å². The Bertz CT molecular complexity index is 540. The van der Waals surface area contributed by atoms with Gasteiger partial charge in [-0.05, 0) is 30.7 Å². The Kier molecular flexibility index (Phi) is 5.17. The molecule has 1 aromatic rings. The highest BCUT2D eigenvalue weighted by atomic mass is 32.2. The number of carbonyl (C=O) groups is 1. The molecule has 112 valence electrons. The molecule has 0 radical (unpaired) electrons. The van der Waals surface area contributed by atoms with E-state index in [2.05, 4.69) is 5.32 Å². The van der Waals surface area contributed by atoms with Gasteiger partial charge in [-0.25, -0.2) is 8.42 Å². The highest BCUT2D eigenvalue weighted by Gasteiger charge is 2.34. The summed E-state index contributed by atoms with van der Waals surface area (Å²) in [7, 11) is -3.31. The Balaban J connectivity index is 1.89. The summed E-state index contributed by atoms with van der Waals surface area (Å²) in [5, 5.41) is 4.86. The van der Waals surface area contributed by atoms with Crippen molar-refractivity contribution in [1.82, 2.24) is 9.62 Å². The minimum Gasteiger partial charge on any atom is -0.354 e. The molecule has 1 atom stereocenters. The van der Waals surface area contributed by atoms with Crippen molar-refractivity contribution in [3.63, 3.8) is 0 Å². The molecule has 5 nitrogen and oxygen atoms in total. The number of piperidine rings is 1. The zero-order chi connectivity index (χ0) is 14.6. The minimum absolute atomic E-state index is 0.174. The van der Waals surface area contributed by atoms with Gasteiger partial charge in [-0.1, -0.05) is 12.5 Å². The Hall–Kier alpha value is -0.920. The highest BCUT2D eigenvalue weighted by Crippen LogP contribution is 2.20. The Morgan fingerprint density at radius 3 is 2.95 bits per heavy atom. The maximum absolute atomic E-state index is 12.2. The zero-order valence-corrected chi connectivity index (χ0v) is 13.2. The summed E-state index contributed by atoms with van der Waals surface area (Å²) >= 11 is 1.66. The average Bonchev–Trinajstić information content (AvgIpc) is 2.91. The van der Waals surface area contributed by atoms with Crippen LogP contribution < -0.4 is 5.32 Å². The molecular weight excluding hydrogens is 296 g/mol. The van der Waals surface area contributed by atoms with Gasteiger partial charge in [0, 0.05) is 18.0 Å². The fourth-order valence-electron chi connectivity index (χ4n) is 2.45. The lowest BCUT2D eigenvalue weighted by Gasteiger charge is -2.32. The molecule has 0 aliphatic carbocycles. The lowest BCUT2D eigenvalue weighted by molar-refractivity contribution is -0.125. The van der Waals surface area contributed by atoms with Crippen LogP contribution in [0, 0.1) is 0 Å². The molecular formula is C13H20N2O3S2. The molecule has 1 aliphatic heterocycles. The van der Waals surface area contributed by atoms with Crippen LogP contribution in [-0.4, -0.2) is 44.0 Å². The van der Waals surface area contributed by atoms with E-state index in [0.717, 1.165) is 19.3 Å². The van der Waals surface area contributed by atoms with E-state index in [1.54, 1.807) is 11.3 Å². The molecule has 2 heterocycles. The van der Waals surface area contributed by atoms with Crippen LogP contribution in [0.25, 0.3) is 0 Å². The van der Waals surface area contributed by atoms with Gasteiger partial charge in [0.05, 0.1) is 6.26 Å². The number of carbonyl (C=O) groups excluding carboxylic acids is 1. The zero-order valence-electron chi connectivity index (χ0n) is 11.5. The lowest BCUT2D eigenvalue weighted by atomic mass is 10.0. The number of amides is 1. The van der Waals surface area contributed by atoms with Gasteiger partial charge in [-0.15, -0.1) is 11.3 Å². The third kappa shape index (κ3) is 4.04. The van der Waals surface area contributed by atoms with E-state index in [-0.39, 0.29) is 5.91 Å². The first-order chi connectivity index (χ1) is 9.48. The number of nitrogens with one attached hydrogen (secondary N) is 1. The first-order valence-electron chi connectivity index (χ1n) is 6.75. The van der Waals surface area contributed by atoms with E-state index in [0.29, 0.717) is 19.5 Å². The van der Waals surface area contributed by atoms with Gasteiger partial charge in [-0.2, -0.15) is 4.31 Å². The van der Waals surface area contributed by atoms with Gasteiger partial charge in [0.25, 0.3) is 0 Å². The SMILES string of the molecule is CS(=O)(=O)N1CCCC[C@@H]1C(=O)NCCc1cccs1. The smallest absolute Gasteiger partial charge is 0.238 e. The van der Waals surface area contributed by atoms with Gasteiger partial charge < -0.3 is 5.32 Å². The van der Waals surface area contributed by atoms with Crippen LogP contribution in [0.5, 0.6) is 0 Å². The molecule has 0 unspecified atom stereocenters. The van der Waals surface area contributed by atoms with Crippen LogP contribution in [0.4, 0.5) is 0 Å². The normalized spacial score (nSPS) is 20.8. The summed E-state index contributed by atoms with van der Waals surface area (Å²) in [6.07, 6.45) is 4.29. The van der Waals surface area contributed by atoms with Crippen molar-refractivity contribution >= 4 is 27.3 Å². The molecule has 2 rings (SSSR count). The standard InChI is InChI=1S/C13H20N2O3S2/c1-20(17,18)15-9-3-2-6-12(15)13(16)14-8-7-11-5-4-10-19-11/h4-5,10,12H,2-3,6-9H2,1H3,(H,14,16)/t12-/m1/s1. The fraction of sp³-hybridized carbons (Fsp3) is 0.615. The van der Waals surface area contributed by atoms with Crippen LogP contribution in [-0.2, 0) is 21.2 Å². The molecule has 1 N–H and O–H groups in total. The number of rotatable bonds is 5. The van der Waals surface area contributed by atoms with Gasteiger partial charge >= 0.3 is 0 Å². The number of hydrogen-bond acceptors (Lipinski definition) is 4. The first kappa shape index (κ1) is 15.5. The van der Waals surface area contributed by atoms with Crippen LogP contribution >= 0.6 is 11.3 Å². The van der Waals surface area contributed by atoms with Crippen molar-refractivity contribution in [2.75, 3.05) is 19.3 Å². The minimum atomic E-state index is -3.31. The predicted octanol–water partition coefficient (Wildman–Crippen LogP) is 1.22. The summed E-state index contributed by atoms with van der Waals surface area (Å²) in [5.74, 6) is -0.174. The van der Waals surface area contributed by atoms with Crippen LogP contribution in [0.1, 0.15) is 24.1 Å². The van der Waals surface area contributed by atoms with Crippen LogP contribution in [0.2, 0.25) is 0 Å². The van der Waals surface area contributed by atoms with Gasteiger partial charge in [-0.3, -0.25) is 4.79 Å². The molecule has 0 bridgehead atoms. The van der Waals surface area contributed by atoms with Crippen molar-refractivity contribution < 1.29 is 13.2 Å². The molecule has 1 amide bonds. The van der Waals surface area contributed by atoms with Crippen molar-refractivity contribution in [1.29, 1.82) is 0 Å². The summed E-state index contributed by atoms with van der Waals surface area (Å²) in [6.45, 7) is 0.995. The molecule has 0 saturated carbocycles. The monoisotopic (exact) mass is 316 g/mol. The molecule has 20 heavy (non-hydrogen) atoms. The largest absolute Gasteiger partial charge is 0.354 e. The summed E-state index contributed by atoms with van der Waals surface area (Å²) in [4.78, 5) is 13.4. The molecule has 1 fully saturated rings. The number of nitrogens with zero attached hydrogens (tertiary/aromatic N) is 1. The first-order valence-corrected chi connectivity index (χ1v) is 9.48. The molecule has 1 aromatic heterocycles. The average molecular weight is 316 g/mol.